The van der Waals surface area contributed by atoms with Gasteiger partial charge in [-0.15, -0.1) is 0 Å². The molecule has 8 heteroatoms. The maximum atomic E-state index is 14.1. The second-order valence-corrected chi connectivity index (χ2v) is 13.6. The Labute approximate surface area is 217 Å². The second kappa shape index (κ2) is 11.3. The molecule has 7 nitrogen and oxygen atoms in total. The van der Waals surface area contributed by atoms with E-state index >= 15 is 0 Å². The van der Waals surface area contributed by atoms with Crippen LogP contribution in [0.1, 0.15) is 78.2 Å². The zero-order valence-electron chi connectivity index (χ0n) is 23.2. The number of hydrogen-bond donors (Lipinski definition) is 1. The van der Waals surface area contributed by atoms with Gasteiger partial charge in [0.2, 0.25) is 0 Å². The number of carbonyl (C=O) groups is 2. The van der Waals surface area contributed by atoms with E-state index in [1.54, 1.807) is 7.05 Å². The maximum absolute atomic E-state index is 14.1. The summed E-state index contributed by atoms with van der Waals surface area (Å²) >= 11 is 0. The molecule has 3 rings (SSSR count). The Morgan fingerprint density at radius 3 is 2.56 bits per heavy atom. The minimum atomic E-state index is -1.58. The Bertz CT molecular complexity index is 1100. The number of unbranched alkanes of at least 4 members (excludes halogenated alkanes) is 3. The number of amides is 2. The number of aromatic amines is 1. The summed E-state index contributed by atoms with van der Waals surface area (Å²) in [6.07, 6.45) is 5.96. The lowest BCUT2D eigenvalue weighted by atomic mass is 9.72. The Morgan fingerprint density at radius 2 is 1.92 bits per heavy atom. The normalized spacial score (nSPS) is 18.8. The third-order valence-corrected chi connectivity index (χ3v) is 8.09. The van der Waals surface area contributed by atoms with Gasteiger partial charge in [0, 0.05) is 30.1 Å². The highest BCUT2D eigenvalue weighted by Gasteiger charge is 2.52. The van der Waals surface area contributed by atoms with Crippen molar-refractivity contribution in [3.63, 3.8) is 0 Å². The van der Waals surface area contributed by atoms with Crippen LogP contribution in [0, 0.1) is 5.41 Å². The molecule has 0 bridgehead atoms. The van der Waals surface area contributed by atoms with E-state index in [0.717, 1.165) is 42.1 Å². The summed E-state index contributed by atoms with van der Waals surface area (Å²) in [7, 11) is 0.0611. The number of nitrogens with zero attached hydrogens (tertiary/aromatic N) is 2. The summed E-state index contributed by atoms with van der Waals surface area (Å²) in [5.74, 6) is -0.801. The van der Waals surface area contributed by atoms with E-state index in [1.807, 2.05) is 37.4 Å². The van der Waals surface area contributed by atoms with Crippen LogP contribution in [0.4, 0.5) is 0 Å². The van der Waals surface area contributed by atoms with Crippen LogP contribution in [0.25, 0.3) is 10.9 Å². The number of ether oxygens (including phenoxy) is 1. The number of carbonyl (C=O) groups excluding carboxylic acids is 2. The molecule has 198 valence electrons. The number of hydrogen-bond acceptors (Lipinski definition) is 4. The van der Waals surface area contributed by atoms with Crippen molar-refractivity contribution >= 4 is 37.8 Å². The van der Waals surface area contributed by atoms with Gasteiger partial charge in [-0.25, -0.2) is 0 Å². The van der Waals surface area contributed by atoms with E-state index in [1.165, 1.54) is 4.90 Å². The molecule has 2 amide bonds. The third-order valence-electron chi connectivity index (χ3n) is 7.22. The number of rotatable bonds is 10. The van der Waals surface area contributed by atoms with Crippen LogP contribution in [0.15, 0.2) is 35.5 Å². The number of amidine groups is 1. The summed E-state index contributed by atoms with van der Waals surface area (Å²) in [5.41, 5.74) is 0.544. The highest BCUT2D eigenvalue weighted by atomic mass is 28.3. The van der Waals surface area contributed by atoms with Gasteiger partial charge in [0.05, 0.1) is 0 Å². The Hall–Kier alpha value is -2.45. The summed E-state index contributed by atoms with van der Waals surface area (Å²) in [6, 6.07) is 8.03. The maximum Gasteiger partial charge on any atom is 0.302 e. The average Bonchev–Trinajstić information content (AvgIpc) is 3.42. The van der Waals surface area contributed by atoms with Crippen LogP contribution in [0.2, 0.25) is 13.1 Å². The molecular formula is C28H43N3O4Si. The monoisotopic (exact) mass is 513 g/mol. The quantitative estimate of drug-likeness (QED) is 0.323. The molecule has 1 N–H and O–H groups in total. The molecule has 1 aliphatic heterocycles. The molecule has 36 heavy (non-hydrogen) atoms. The van der Waals surface area contributed by atoms with Crippen molar-refractivity contribution in [2.24, 2.45) is 10.4 Å². The molecule has 0 radical (unpaired) electrons. The van der Waals surface area contributed by atoms with Crippen LogP contribution < -0.4 is 0 Å². The van der Waals surface area contributed by atoms with Crippen LogP contribution in [0.3, 0.4) is 0 Å². The zero-order valence-corrected chi connectivity index (χ0v) is 24.3. The van der Waals surface area contributed by atoms with Crippen LogP contribution in [0.5, 0.6) is 0 Å². The number of aliphatic imine (C=N–C) groups is 1. The minimum Gasteiger partial charge on any atom is -0.450 e. The van der Waals surface area contributed by atoms with Crippen molar-refractivity contribution in [2.45, 2.75) is 97.4 Å². The van der Waals surface area contributed by atoms with Gasteiger partial charge in [0.15, 0.2) is 15.1 Å². The highest BCUT2D eigenvalue weighted by Crippen LogP contribution is 2.41. The number of H-pyrrole nitrogens is 1. The predicted molar refractivity (Wildman–Crippen MR) is 148 cm³/mol. The van der Waals surface area contributed by atoms with Gasteiger partial charge in [-0.1, -0.05) is 78.5 Å². The van der Waals surface area contributed by atoms with E-state index in [4.69, 9.17) is 9.16 Å². The van der Waals surface area contributed by atoms with Crippen LogP contribution in [-0.2, 0) is 18.8 Å². The number of likely N-dealkylation sites (N-methyl/N-ethyl adjacent to an activating group) is 1. The first-order valence-corrected chi connectivity index (χ1v) is 16.0. The first-order valence-electron chi connectivity index (χ1n) is 13.2. The fourth-order valence-electron chi connectivity index (χ4n) is 5.10. The van der Waals surface area contributed by atoms with Crippen molar-refractivity contribution in [2.75, 3.05) is 7.05 Å². The minimum absolute atomic E-state index is 0.0536. The van der Waals surface area contributed by atoms with Crippen LogP contribution >= 0.6 is 0 Å². The first kappa shape index (κ1) is 28.1. The lowest BCUT2D eigenvalue weighted by Gasteiger charge is -2.46. The standard InChI is InChI=1S/C28H43N3O4Si/c1-9-10-11-14-17-28(27(3,4)5,35-36(7)8)25(33)31(6)26-30-24(32)23(34-26)19(2)21-18-29-22-16-13-12-15-20(21)22/h12-13,15-16,18-19,23,29,36H,9-11,14,17H2,1-8H3/t19-,23+,28?/m1/s1. The van der Waals surface area contributed by atoms with Crippen molar-refractivity contribution in [3.05, 3.63) is 36.0 Å². The summed E-state index contributed by atoms with van der Waals surface area (Å²) in [5, 5.41) is 1.05. The molecule has 0 spiro atoms. The molecule has 0 saturated heterocycles. The topological polar surface area (TPSA) is 84.0 Å². The van der Waals surface area contributed by atoms with Crippen molar-refractivity contribution in [3.8, 4) is 0 Å². The molecule has 0 aliphatic carbocycles. The van der Waals surface area contributed by atoms with Crippen molar-refractivity contribution < 1.29 is 18.8 Å². The number of para-hydroxylation sites is 1. The van der Waals surface area contributed by atoms with E-state index in [0.29, 0.717) is 6.42 Å². The Morgan fingerprint density at radius 1 is 1.22 bits per heavy atom. The van der Waals surface area contributed by atoms with Gasteiger partial charge in [0.1, 0.15) is 5.60 Å². The van der Waals surface area contributed by atoms with Crippen LogP contribution in [-0.4, -0.2) is 55.5 Å². The van der Waals surface area contributed by atoms with Gasteiger partial charge in [-0.2, -0.15) is 4.99 Å². The molecular weight excluding hydrogens is 470 g/mol. The van der Waals surface area contributed by atoms with Crippen molar-refractivity contribution in [1.82, 2.24) is 9.88 Å². The van der Waals surface area contributed by atoms with Gasteiger partial charge in [-0.3, -0.25) is 14.5 Å². The molecule has 1 aliphatic rings. The smallest absolute Gasteiger partial charge is 0.302 e. The third kappa shape index (κ3) is 5.59. The molecule has 1 aromatic heterocycles. The second-order valence-electron chi connectivity index (χ2n) is 11.3. The lowest BCUT2D eigenvalue weighted by molar-refractivity contribution is -0.157. The molecule has 0 saturated carbocycles. The summed E-state index contributed by atoms with van der Waals surface area (Å²) < 4.78 is 12.7. The summed E-state index contributed by atoms with van der Waals surface area (Å²) in [4.78, 5) is 36.0. The number of nitrogens with one attached hydrogen (secondary N) is 1. The summed E-state index contributed by atoms with van der Waals surface area (Å²) in [6.45, 7) is 14.5. The highest BCUT2D eigenvalue weighted by molar-refractivity contribution is 6.48. The first-order chi connectivity index (χ1) is 16.9. The van der Waals surface area contributed by atoms with E-state index in [-0.39, 0.29) is 23.8 Å². The molecule has 3 atom stereocenters. The Balaban J connectivity index is 1.84. The van der Waals surface area contributed by atoms with E-state index in [2.05, 4.69) is 50.8 Å². The van der Waals surface area contributed by atoms with E-state index < -0.39 is 26.2 Å². The van der Waals surface area contributed by atoms with Gasteiger partial charge >= 0.3 is 6.02 Å². The average molecular weight is 514 g/mol. The number of fused-ring (bicyclic) bond motifs is 1. The number of aromatic nitrogens is 1. The Kier molecular flexibility index (Phi) is 8.83. The molecule has 1 unspecified atom stereocenters. The molecule has 2 heterocycles. The van der Waals surface area contributed by atoms with Gasteiger partial charge in [0.25, 0.3) is 11.8 Å². The molecule has 1 aromatic carbocycles. The predicted octanol–water partition coefficient (Wildman–Crippen LogP) is 5.77. The van der Waals surface area contributed by atoms with Gasteiger partial charge in [-0.05, 0) is 36.6 Å². The van der Waals surface area contributed by atoms with E-state index in [9.17, 15) is 9.59 Å². The van der Waals surface area contributed by atoms with Crippen molar-refractivity contribution in [1.29, 1.82) is 0 Å². The number of benzene rings is 1. The fourth-order valence-corrected chi connectivity index (χ4v) is 6.48. The largest absolute Gasteiger partial charge is 0.450 e. The molecule has 2 aromatic rings. The fraction of sp³-hybridized carbons (Fsp3) is 0.607. The zero-order chi connectivity index (χ0) is 26.7. The SMILES string of the molecule is CCCCCCC(O[SiH](C)C)(C(=O)N(C)C1=NC(=O)[C@H]([C@H](C)c2c[nH]c3ccccc23)O1)C(C)(C)C. The molecule has 0 fully saturated rings. The van der Waals surface area contributed by atoms with Gasteiger partial charge < -0.3 is 14.1 Å². The lowest BCUT2D eigenvalue weighted by Crippen LogP contribution is -2.60.